The first-order valence-corrected chi connectivity index (χ1v) is 12.4. The summed E-state index contributed by atoms with van der Waals surface area (Å²) in [5.41, 5.74) is 0.742. The number of amides is 1. The minimum absolute atomic E-state index is 0.122. The Morgan fingerprint density at radius 2 is 1.35 bits per heavy atom. The van der Waals surface area contributed by atoms with E-state index < -0.39 is 12.0 Å². The Balaban J connectivity index is 2.12. The molecule has 1 atom stereocenters. The second-order valence-electron chi connectivity index (χ2n) is 8.31. The summed E-state index contributed by atoms with van der Waals surface area (Å²) in [6.45, 7) is 2.22. The van der Waals surface area contributed by atoms with Crippen molar-refractivity contribution in [2.75, 3.05) is 0 Å². The summed E-state index contributed by atoms with van der Waals surface area (Å²) in [6, 6.07) is 5.34. The molecule has 3 N–H and O–H groups in total. The third-order valence-electron chi connectivity index (χ3n) is 5.24. The number of rotatable bonds is 18. The molecule has 0 radical (unpaired) electrons. The van der Waals surface area contributed by atoms with Gasteiger partial charge in [-0.1, -0.05) is 80.5 Å². The number of phenolic OH excluding ortho intramolecular Hbond substituents is 1. The Labute approximate surface area is 205 Å². The molecule has 1 rings (SSSR count). The van der Waals surface area contributed by atoms with Crippen molar-refractivity contribution in [3.8, 4) is 5.75 Å². The molecule has 0 aliphatic rings. The summed E-state index contributed by atoms with van der Waals surface area (Å²) < 4.78 is 0. The van der Waals surface area contributed by atoms with Crippen LogP contribution in [0, 0.1) is 0 Å². The molecule has 5 heteroatoms. The number of carbonyl (C=O) groups excluding carboxylic acids is 1. The fraction of sp³-hybridized carbons (Fsp3) is 0.448. The van der Waals surface area contributed by atoms with E-state index in [0.717, 1.165) is 31.2 Å². The largest absolute Gasteiger partial charge is 0.508 e. The van der Waals surface area contributed by atoms with Crippen LogP contribution >= 0.6 is 0 Å². The minimum Gasteiger partial charge on any atom is -0.508 e. The lowest BCUT2D eigenvalue weighted by molar-refractivity contribution is -0.141. The second kappa shape index (κ2) is 19.4. The number of allylic oxidation sites excluding steroid dienone is 8. The molecule has 0 aliphatic heterocycles. The van der Waals surface area contributed by atoms with Gasteiger partial charge < -0.3 is 15.5 Å². The maximum atomic E-state index is 12.1. The lowest BCUT2D eigenvalue weighted by Crippen LogP contribution is -2.42. The Morgan fingerprint density at radius 3 is 1.88 bits per heavy atom. The maximum Gasteiger partial charge on any atom is 0.326 e. The van der Waals surface area contributed by atoms with Gasteiger partial charge in [0, 0.05) is 12.8 Å². The van der Waals surface area contributed by atoms with E-state index in [4.69, 9.17) is 0 Å². The van der Waals surface area contributed by atoms with Crippen LogP contribution in [-0.2, 0) is 16.0 Å². The number of carbonyl (C=O) groups is 2. The molecule has 1 aromatic carbocycles. The van der Waals surface area contributed by atoms with Crippen molar-refractivity contribution in [2.24, 2.45) is 0 Å². The van der Waals surface area contributed by atoms with E-state index in [0.29, 0.717) is 6.42 Å². The number of unbranched alkanes of at least 4 members (excludes halogenated alkanes) is 4. The first-order chi connectivity index (χ1) is 16.5. The molecule has 0 aromatic heterocycles. The van der Waals surface area contributed by atoms with E-state index in [1.807, 2.05) is 0 Å². The van der Waals surface area contributed by atoms with Crippen molar-refractivity contribution < 1.29 is 19.8 Å². The summed E-state index contributed by atoms with van der Waals surface area (Å²) in [5, 5.41) is 21.3. The van der Waals surface area contributed by atoms with Crippen molar-refractivity contribution in [3.63, 3.8) is 0 Å². The monoisotopic (exact) mass is 467 g/mol. The predicted octanol–water partition coefficient (Wildman–Crippen LogP) is 6.65. The molecule has 0 spiro atoms. The van der Waals surface area contributed by atoms with E-state index in [-0.39, 0.29) is 24.5 Å². The molecule has 1 aromatic rings. The number of phenols is 1. The number of carboxylic acids is 1. The fourth-order valence-electron chi connectivity index (χ4n) is 3.28. The minimum atomic E-state index is -1.07. The predicted molar refractivity (Wildman–Crippen MR) is 140 cm³/mol. The molecular formula is C29H41NO4. The van der Waals surface area contributed by atoms with Gasteiger partial charge in [-0.05, 0) is 62.6 Å². The molecule has 186 valence electrons. The van der Waals surface area contributed by atoms with Crippen LogP contribution in [0.4, 0.5) is 0 Å². The average Bonchev–Trinajstić information content (AvgIpc) is 2.82. The molecule has 0 saturated carbocycles. The summed E-state index contributed by atoms with van der Waals surface area (Å²) in [4.78, 5) is 23.6. The molecular weight excluding hydrogens is 426 g/mol. The Kier molecular flexibility index (Phi) is 16.5. The fourth-order valence-corrected chi connectivity index (χ4v) is 3.28. The average molecular weight is 468 g/mol. The number of aliphatic carboxylic acids is 1. The van der Waals surface area contributed by atoms with E-state index in [1.165, 1.54) is 37.8 Å². The van der Waals surface area contributed by atoms with E-state index in [9.17, 15) is 19.8 Å². The van der Waals surface area contributed by atoms with Crippen LogP contribution in [0.25, 0.3) is 0 Å². The highest BCUT2D eigenvalue weighted by atomic mass is 16.4. The summed E-state index contributed by atoms with van der Waals surface area (Å²) in [5.74, 6) is -1.21. The van der Waals surface area contributed by atoms with Crippen molar-refractivity contribution in [2.45, 2.75) is 83.6 Å². The van der Waals surface area contributed by atoms with Gasteiger partial charge in [-0.15, -0.1) is 0 Å². The Bertz CT molecular complexity index is 806. The lowest BCUT2D eigenvalue weighted by atomic mass is 10.1. The Morgan fingerprint density at radius 1 is 0.824 bits per heavy atom. The van der Waals surface area contributed by atoms with Crippen molar-refractivity contribution in [1.29, 1.82) is 0 Å². The van der Waals surface area contributed by atoms with E-state index in [2.05, 4.69) is 60.8 Å². The van der Waals surface area contributed by atoms with E-state index >= 15 is 0 Å². The molecule has 0 saturated heterocycles. The van der Waals surface area contributed by atoms with Gasteiger partial charge in [0.1, 0.15) is 11.8 Å². The number of carboxylic acid groups (broad SMARTS) is 1. The molecule has 0 heterocycles. The first-order valence-electron chi connectivity index (χ1n) is 12.4. The zero-order valence-electron chi connectivity index (χ0n) is 20.5. The Hall–Kier alpha value is -3.08. The van der Waals surface area contributed by atoms with Crippen molar-refractivity contribution in [3.05, 3.63) is 78.4 Å². The van der Waals surface area contributed by atoms with Crippen molar-refractivity contribution in [1.82, 2.24) is 5.32 Å². The van der Waals surface area contributed by atoms with Crippen LogP contribution in [0.2, 0.25) is 0 Å². The number of nitrogens with one attached hydrogen (secondary N) is 1. The van der Waals surface area contributed by atoms with Crippen LogP contribution in [0.15, 0.2) is 72.9 Å². The van der Waals surface area contributed by atoms with Crippen LogP contribution in [0.5, 0.6) is 5.75 Å². The van der Waals surface area contributed by atoms with Gasteiger partial charge in [-0.25, -0.2) is 4.79 Å². The number of benzene rings is 1. The quantitative estimate of drug-likeness (QED) is 0.167. The van der Waals surface area contributed by atoms with Crippen LogP contribution in [-0.4, -0.2) is 28.1 Å². The first kappa shape index (κ1) is 29.0. The van der Waals surface area contributed by atoms with Gasteiger partial charge in [-0.2, -0.15) is 0 Å². The smallest absolute Gasteiger partial charge is 0.326 e. The highest BCUT2D eigenvalue weighted by Crippen LogP contribution is 2.12. The van der Waals surface area contributed by atoms with Gasteiger partial charge in [-0.3, -0.25) is 4.79 Å². The normalized spacial score (nSPS) is 12.9. The zero-order valence-corrected chi connectivity index (χ0v) is 20.5. The standard InChI is InChI=1S/C29H41NO4/c1-2-3-4-5-6-7-8-9-10-11-12-13-14-15-16-17-18-19-28(32)30-27(29(33)34)24-25-20-22-26(31)23-21-25/h6-7,9-10,12-13,15-16,20-23,27,31H,2-5,8,11,14,17-19,24H2,1H3,(H,30,32)(H,33,34)/t27-/m1/s1. The molecule has 0 bridgehead atoms. The summed E-state index contributed by atoms with van der Waals surface area (Å²) in [6.07, 6.45) is 27.1. The SMILES string of the molecule is CCCCCC=CCC=CCC=CCC=CCCCC(=O)N[C@H](Cc1ccc(O)cc1)C(=O)O. The van der Waals surface area contributed by atoms with Crippen LogP contribution in [0.1, 0.15) is 76.7 Å². The summed E-state index contributed by atoms with van der Waals surface area (Å²) in [7, 11) is 0. The molecule has 0 aliphatic carbocycles. The van der Waals surface area contributed by atoms with Crippen molar-refractivity contribution >= 4 is 11.9 Å². The van der Waals surface area contributed by atoms with Gasteiger partial charge in [0.2, 0.25) is 5.91 Å². The molecule has 0 unspecified atom stereocenters. The third-order valence-corrected chi connectivity index (χ3v) is 5.24. The zero-order chi connectivity index (χ0) is 24.9. The lowest BCUT2D eigenvalue weighted by Gasteiger charge is -2.14. The van der Waals surface area contributed by atoms with Gasteiger partial charge in [0.05, 0.1) is 0 Å². The molecule has 5 nitrogen and oxygen atoms in total. The van der Waals surface area contributed by atoms with Crippen LogP contribution in [0.3, 0.4) is 0 Å². The third kappa shape index (κ3) is 15.7. The summed E-state index contributed by atoms with van der Waals surface area (Å²) >= 11 is 0. The molecule has 34 heavy (non-hydrogen) atoms. The highest BCUT2D eigenvalue weighted by Gasteiger charge is 2.20. The van der Waals surface area contributed by atoms with Gasteiger partial charge in [0.15, 0.2) is 0 Å². The van der Waals surface area contributed by atoms with Crippen LogP contribution < -0.4 is 5.32 Å². The molecule has 0 fully saturated rings. The maximum absolute atomic E-state index is 12.1. The number of aromatic hydroxyl groups is 1. The van der Waals surface area contributed by atoms with Gasteiger partial charge >= 0.3 is 5.97 Å². The topological polar surface area (TPSA) is 86.6 Å². The number of hydrogen-bond donors (Lipinski definition) is 3. The number of hydrogen-bond acceptors (Lipinski definition) is 3. The van der Waals surface area contributed by atoms with Gasteiger partial charge in [0.25, 0.3) is 0 Å². The second-order valence-corrected chi connectivity index (χ2v) is 8.31. The molecule has 1 amide bonds. The van der Waals surface area contributed by atoms with E-state index in [1.54, 1.807) is 12.1 Å². The highest BCUT2D eigenvalue weighted by molar-refractivity contribution is 5.83.